The number of hydrogen-bond donors (Lipinski definition) is 0. The van der Waals surface area contributed by atoms with Crippen LogP contribution < -0.4 is 0 Å². The Balaban J connectivity index is 2.55. The smallest absolute Gasteiger partial charge is 0.0381 e. The van der Waals surface area contributed by atoms with Crippen LogP contribution in [0.4, 0.5) is 0 Å². The minimum absolute atomic E-state index is 0.375. The average molecular weight is 134 g/mol. The van der Waals surface area contributed by atoms with Gasteiger partial charge in [0.2, 0.25) is 0 Å². The fourth-order valence-corrected chi connectivity index (χ4v) is 1.36. The van der Waals surface area contributed by atoms with Crippen molar-refractivity contribution in [3.63, 3.8) is 0 Å². The van der Waals surface area contributed by atoms with Crippen LogP contribution in [0.2, 0.25) is 0 Å². The Bertz CT molecular complexity index is 169. The Morgan fingerprint density at radius 1 is 1.60 bits per heavy atom. The van der Waals surface area contributed by atoms with Gasteiger partial charge in [-0.25, -0.2) is 0 Å². The summed E-state index contributed by atoms with van der Waals surface area (Å²) in [6, 6.07) is 0. The molecule has 0 N–H and O–H groups in total. The highest BCUT2D eigenvalue weighted by Gasteiger charge is 2.07. The summed E-state index contributed by atoms with van der Waals surface area (Å²) in [5.41, 5.74) is 1.48. The van der Waals surface area contributed by atoms with Gasteiger partial charge in [-0.1, -0.05) is 17.6 Å². The molecule has 0 aromatic carbocycles. The van der Waals surface area contributed by atoms with Crippen molar-refractivity contribution in [1.29, 1.82) is 0 Å². The van der Waals surface area contributed by atoms with E-state index < -0.39 is 0 Å². The molecule has 0 saturated carbocycles. The van der Waals surface area contributed by atoms with Crippen LogP contribution in [-0.2, 0) is 0 Å². The van der Waals surface area contributed by atoms with Crippen LogP contribution in [0.25, 0.3) is 0 Å². The molecule has 0 saturated heterocycles. The van der Waals surface area contributed by atoms with Crippen LogP contribution in [0.1, 0.15) is 32.6 Å². The second kappa shape index (κ2) is 3.46. The third-order valence-electron chi connectivity index (χ3n) is 2.13. The van der Waals surface area contributed by atoms with E-state index in [9.17, 15) is 0 Å². The fourth-order valence-electron chi connectivity index (χ4n) is 1.36. The van der Waals surface area contributed by atoms with Crippen molar-refractivity contribution in [2.75, 3.05) is 0 Å². The minimum Gasteiger partial charge on any atom is -0.119 e. The molecule has 0 amide bonds. The van der Waals surface area contributed by atoms with Gasteiger partial charge in [-0.05, 0) is 32.6 Å². The van der Waals surface area contributed by atoms with Gasteiger partial charge in [-0.3, -0.25) is 0 Å². The van der Waals surface area contributed by atoms with Crippen molar-refractivity contribution >= 4 is 0 Å². The zero-order chi connectivity index (χ0) is 7.40. The number of hydrogen-bond acceptors (Lipinski definition) is 0. The first-order chi connectivity index (χ1) is 4.84. The summed E-state index contributed by atoms with van der Waals surface area (Å²) < 4.78 is 0. The minimum atomic E-state index is 0.375. The van der Waals surface area contributed by atoms with Gasteiger partial charge in [-0.2, -0.15) is 0 Å². The lowest BCUT2D eigenvalue weighted by atomic mass is 9.91. The topological polar surface area (TPSA) is 0 Å². The van der Waals surface area contributed by atoms with Crippen LogP contribution in [0, 0.1) is 18.3 Å². The molecule has 1 atom stereocenters. The Labute approximate surface area is 63.3 Å². The first kappa shape index (κ1) is 7.41. The zero-order valence-corrected chi connectivity index (χ0v) is 6.56. The normalized spacial score (nSPS) is 21.0. The Morgan fingerprint density at radius 3 is 2.90 bits per heavy atom. The first-order valence-corrected chi connectivity index (χ1v) is 3.99. The van der Waals surface area contributed by atoms with Crippen LogP contribution >= 0.6 is 0 Å². The van der Waals surface area contributed by atoms with E-state index in [0.717, 1.165) is 0 Å². The van der Waals surface area contributed by atoms with Crippen molar-refractivity contribution in [2.24, 2.45) is 5.92 Å². The standard InChI is InChI=1S/C10H14/c1-3-9(2)10-7-5-4-6-8-10/h1,7,9H,4-6,8H2,2H3. The van der Waals surface area contributed by atoms with Crippen molar-refractivity contribution in [1.82, 2.24) is 0 Å². The van der Waals surface area contributed by atoms with Crippen molar-refractivity contribution in [3.05, 3.63) is 11.6 Å². The summed E-state index contributed by atoms with van der Waals surface area (Å²) >= 11 is 0. The van der Waals surface area contributed by atoms with E-state index in [-0.39, 0.29) is 0 Å². The highest BCUT2D eigenvalue weighted by Crippen LogP contribution is 2.23. The van der Waals surface area contributed by atoms with Crippen LogP contribution in [-0.4, -0.2) is 0 Å². The van der Waals surface area contributed by atoms with Crippen molar-refractivity contribution < 1.29 is 0 Å². The molecule has 0 spiro atoms. The van der Waals surface area contributed by atoms with Gasteiger partial charge in [0, 0.05) is 5.92 Å². The second-order valence-corrected chi connectivity index (χ2v) is 2.91. The van der Waals surface area contributed by atoms with E-state index in [1.54, 1.807) is 0 Å². The maximum Gasteiger partial charge on any atom is 0.0381 e. The molecule has 0 radical (unpaired) electrons. The third-order valence-corrected chi connectivity index (χ3v) is 2.13. The van der Waals surface area contributed by atoms with E-state index >= 15 is 0 Å². The SMILES string of the molecule is C#CC(C)C1=CCCCC1. The summed E-state index contributed by atoms with van der Waals surface area (Å²) in [5.74, 6) is 3.14. The Hall–Kier alpha value is -0.700. The molecule has 0 heteroatoms. The molecular weight excluding hydrogens is 120 g/mol. The molecule has 1 aliphatic carbocycles. The summed E-state index contributed by atoms with van der Waals surface area (Å²) in [7, 11) is 0. The van der Waals surface area contributed by atoms with Crippen LogP contribution in [0.5, 0.6) is 0 Å². The summed E-state index contributed by atoms with van der Waals surface area (Å²) in [6.07, 6.45) is 12.8. The summed E-state index contributed by atoms with van der Waals surface area (Å²) in [6.45, 7) is 2.11. The molecule has 0 aromatic heterocycles. The van der Waals surface area contributed by atoms with E-state index in [2.05, 4.69) is 18.9 Å². The number of allylic oxidation sites excluding steroid dienone is 2. The van der Waals surface area contributed by atoms with Gasteiger partial charge >= 0.3 is 0 Å². The van der Waals surface area contributed by atoms with Gasteiger partial charge < -0.3 is 0 Å². The second-order valence-electron chi connectivity index (χ2n) is 2.91. The maximum absolute atomic E-state index is 5.31. The Kier molecular flexibility index (Phi) is 2.57. The first-order valence-electron chi connectivity index (χ1n) is 3.99. The molecule has 0 nitrogen and oxygen atoms in total. The van der Waals surface area contributed by atoms with E-state index in [1.165, 1.54) is 31.3 Å². The molecule has 54 valence electrons. The maximum atomic E-state index is 5.31. The summed E-state index contributed by atoms with van der Waals surface area (Å²) in [4.78, 5) is 0. The largest absolute Gasteiger partial charge is 0.119 e. The highest BCUT2D eigenvalue weighted by atomic mass is 14.1. The molecule has 0 heterocycles. The lowest BCUT2D eigenvalue weighted by molar-refractivity contribution is 0.654. The van der Waals surface area contributed by atoms with Gasteiger partial charge in [0.1, 0.15) is 0 Å². The van der Waals surface area contributed by atoms with Crippen molar-refractivity contribution in [2.45, 2.75) is 32.6 Å². The number of rotatable bonds is 1. The van der Waals surface area contributed by atoms with Crippen LogP contribution in [0.15, 0.2) is 11.6 Å². The lowest BCUT2D eigenvalue weighted by Crippen LogP contribution is -1.99. The molecule has 10 heavy (non-hydrogen) atoms. The summed E-state index contributed by atoms with van der Waals surface area (Å²) in [5, 5.41) is 0. The van der Waals surface area contributed by atoms with Gasteiger partial charge in [0.25, 0.3) is 0 Å². The predicted octanol–water partition coefficient (Wildman–Crippen LogP) is 2.76. The van der Waals surface area contributed by atoms with E-state index in [0.29, 0.717) is 5.92 Å². The molecule has 0 aliphatic heterocycles. The van der Waals surface area contributed by atoms with Gasteiger partial charge in [0.05, 0.1) is 0 Å². The van der Waals surface area contributed by atoms with Crippen molar-refractivity contribution in [3.8, 4) is 12.3 Å². The fraction of sp³-hybridized carbons (Fsp3) is 0.600. The molecule has 0 fully saturated rings. The molecule has 1 aliphatic rings. The zero-order valence-electron chi connectivity index (χ0n) is 6.56. The van der Waals surface area contributed by atoms with E-state index in [4.69, 9.17) is 6.42 Å². The molecule has 1 rings (SSSR count). The van der Waals surface area contributed by atoms with Gasteiger partial charge in [-0.15, -0.1) is 6.42 Å². The third kappa shape index (κ3) is 1.64. The molecule has 0 aromatic rings. The lowest BCUT2D eigenvalue weighted by Gasteiger charge is -2.14. The quantitative estimate of drug-likeness (QED) is 0.382. The predicted molar refractivity (Wildman–Crippen MR) is 44.5 cm³/mol. The van der Waals surface area contributed by atoms with Crippen LogP contribution in [0.3, 0.4) is 0 Å². The monoisotopic (exact) mass is 134 g/mol. The molecule has 0 bridgehead atoms. The van der Waals surface area contributed by atoms with Gasteiger partial charge in [0.15, 0.2) is 0 Å². The van der Waals surface area contributed by atoms with E-state index in [1.807, 2.05) is 0 Å². The highest BCUT2D eigenvalue weighted by molar-refractivity contribution is 5.17. The number of terminal acetylenes is 1. The average Bonchev–Trinajstić information content (AvgIpc) is 2.05. The molecule has 1 unspecified atom stereocenters. The molecular formula is C10H14. The Morgan fingerprint density at radius 2 is 2.40 bits per heavy atom.